The lowest BCUT2D eigenvalue weighted by molar-refractivity contribution is 0.0697. The van der Waals surface area contributed by atoms with E-state index in [-0.39, 0.29) is 11.4 Å². The van der Waals surface area contributed by atoms with Gasteiger partial charge in [-0.3, -0.25) is 0 Å². The van der Waals surface area contributed by atoms with Crippen LogP contribution < -0.4 is 5.32 Å². The molecule has 0 amide bonds. The van der Waals surface area contributed by atoms with E-state index in [9.17, 15) is 9.18 Å². The molecule has 2 heterocycles. The third-order valence-corrected chi connectivity index (χ3v) is 4.22. The number of hydrogen-bond donors (Lipinski definition) is 2. The summed E-state index contributed by atoms with van der Waals surface area (Å²) in [5.74, 6) is -0.936. The molecule has 0 spiro atoms. The van der Waals surface area contributed by atoms with Gasteiger partial charge in [0.1, 0.15) is 5.82 Å². The number of halogens is 1. The van der Waals surface area contributed by atoms with Gasteiger partial charge < -0.3 is 10.4 Å². The molecule has 2 aromatic heterocycles. The zero-order valence-corrected chi connectivity index (χ0v) is 14.3. The molecular weight excluding hydrogens is 347 g/mol. The molecule has 2 aromatic carbocycles. The zero-order chi connectivity index (χ0) is 19.0. The van der Waals surface area contributed by atoms with Crippen LogP contribution in [-0.4, -0.2) is 25.7 Å². The van der Waals surface area contributed by atoms with Gasteiger partial charge in [0, 0.05) is 17.4 Å². The van der Waals surface area contributed by atoms with Crippen LogP contribution in [0.2, 0.25) is 0 Å². The molecule has 0 unspecified atom stereocenters. The second-order valence-corrected chi connectivity index (χ2v) is 6.10. The zero-order valence-electron chi connectivity index (χ0n) is 14.3. The maximum absolute atomic E-state index is 13.7. The number of aromatic nitrogens is 3. The molecule has 0 saturated heterocycles. The first-order chi connectivity index (χ1) is 13.0. The molecule has 27 heavy (non-hydrogen) atoms. The number of benzene rings is 2. The molecule has 4 rings (SSSR count). The molecule has 0 atom stereocenters. The Balaban J connectivity index is 1.74. The van der Waals surface area contributed by atoms with Crippen LogP contribution in [0.5, 0.6) is 0 Å². The highest BCUT2D eigenvalue weighted by molar-refractivity contribution is 5.88. The summed E-state index contributed by atoms with van der Waals surface area (Å²) >= 11 is 0. The molecule has 0 radical (unpaired) electrons. The van der Waals surface area contributed by atoms with Gasteiger partial charge in [-0.1, -0.05) is 12.1 Å². The lowest BCUT2D eigenvalue weighted by atomic mass is 10.0. The van der Waals surface area contributed by atoms with Gasteiger partial charge in [-0.05, 0) is 60.5 Å². The monoisotopic (exact) mass is 362 g/mol. The predicted molar refractivity (Wildman–Crippen MR) is 99.8 cm³/mol. The number of nitrogens with one attached hydrogen (secondary N) is 1. The second kappa shape index (κ2) is 6.53. The van der Waals surface area contributed by atoms with E-state index in [2.05, 4.69) is 15.4 Å². The van der Waals surface area contributed by atoms with Crippen molar-refractivity contribution < 1.29 is 14.3 Å². The van der Waals surface area contributed by atoms with Crippen molar-refractivity contribution >= 4 is 23.3 Å². The quantitative estimate of drug-likeness (QED) is 0.566. The number of carboxylic acids is 1. The van der Waals surface area contributed by atoms with Crippen LogP contribution in [-0.2, 0) is 0 Å². The van der Waals surface area contributed by atoms with Crippen LogP contribution in [0.1, 0.15) is 15.9 Å². The minimum atomic E-state index is -0.984. The SMILES string of the molecule is Cc1ccn2nc(Nc3ccc(C(=O)O)cc3)nc2c1-c1cccc(F)c1. The van der Waals surface area contributed by atoms with Gasteiger partial charge >= 0.3 is 5.97 Å². The maximum atomic E-state index is 13.7. The minimum Gasteiger partial charge on any atom is -0.478 e. The first-order valence-corrected chi connectivity index (χ1v) is 8.23. The number of aryl methyl sites for hydroxylation is 1. The van der Waals surface area contributed by atoms with Gasteiger partial charge in [0.05, 0.1) is 5.56 Å². The number of nitrogens with zero attached hydrogens (tertiary/aromatic N) is 3. The molecule has 0 aliphatic rings. The number of carboxylic acid groups (broad SMARTS) is 1. The van der Waals surface area contributed by atoms with Crippen LogP contribution in [0, 0.1) is 12.7 Å². The second-order valence-electron chi connectivity index (χ2n) is 6.10. The van der Waals surface area contributed by atoms with E-state index in [1.54, 1.807) is 28.9 Å². The molecule has 0 bridgehead atoms. The molecule has 0 aliphatic carbocycles. The Morgan fingerprint density at radius 1 is 1.15 bits per heavy atom. The number of hydrogen-bond acceptors (Lipinski definition) is 4. The average Bonchev–Trinajstić information content (AvgIpc) is 3.04. The highest BCUT2D eigenvalue weighted by Gasteiger charge is 2.13. The van der Waals surface area contributed by atoms with Crippen molar-refractivity contribution in [2.24, 2.45) is 0 Å². The molecule has 0 saturated carbocycles. The van der Waals surface area contributed by atoms with E-state index < -0.39 is 5.97 Å². The molecule has 134 valence electrons. The Kier molecular flexibility index (Phi) is 4.04. The number of aromatic carboxylic acids is 1. The molecule has 6 nitrogen and oxygen atoms in total. The highest BCUT2D eigenvalue weighted by atomic mass is 19.1. The number of rotatable bonds is 4. The van der Waals surface area contributed by atoms with Crippen molar-refractivity contribution in [3.8, 4) is 11.1 Å². The predicted octanol–water partition coefficient (Wildman–Crippen LogP) is 4.29. The van der Waals surface area contributed by atoms with Crippen LogP contribution in [0.15, 0.2) is 60.8 Å². The molecule has 4 aromatic rings. The van der Waals surface area contributed by atoms with E-state index in [1.807, 2.05) is 19.1 Å². The van der Waals surface area contributed by atoms with Gasteiger partial charge in [-0.25, -0.2) is 13.7 Å². The van der Waals surface area contributed by atoms with Crippen molar-refractivity contribution in [1.29, 1.82) is 0 Å². The lowest BCUT2D eigenvalue weighted by Crippen LogP contribution is -1.97. The van der Waals surface area contributed by atoms with Crippen molar-refractivity contribution in [3.05, 3.63) is 77.7 Å². The maximum Gasteiger partial charge on any atom is 0.335 e. The van der Waals surface area contributed by atoms with Crippen LogP contribution in [0.25, 0.3) is 16.8 Å². The van der Waals surface area contributed by atoms with E-state index in [4.69, 9.17) is 5.11 Å². The Labute approximate surface area is 153 Å². The Morgan fingerprint density at radius 2 is 1.93 bits per heavy atom. The van der Waals surface area contributed by atoms with E-state index in [0.717, 1.165) is 16.7 Å². The third-order valence-electron chi connectivity index (χ3n) is 4.22. The van der Waals surface area contributed by atoms with Crippen molar-refractivity contribution in [2.45, 2.75) is 6.92 Å². The van der Waals surface area contributed by atoms with Crippen LogP contribution in [0.4, 0.5) is 16.0 Å². The molecule has 2 N–H and O–H groups in total. The number of fused-ring (bicyclic) bond motifs is 1. The minimum absolute atomic E-state index is 0.201. The summed E-state index contributed by atoms with van der Waals surface area (Å²) in [6.07, 6.45) is 1.79. The normalized spacial score (nSPS) is 10.9. The lowest BCUT2D eigenvalue weighted by Gasteiger charge is -2.07. The van der Waals surface area contributed by atoms with Crippen LogP contribution in [0.3, 0.4) is 0 Å². The summed E-state index contributed by atoms with van der Waals surface area (Å²) in [5, 5.41) is 16.4. The third kappa shape index (κ3) is 3.22. The fraction of sp³-hybridized carbons (Fsp3) is 0.0500. The van der Waals surface area contributed by atoms with Crippen LogP contribution >= 0.6 is 0 Å². The standard InChI is InChI=1S/C20H15FN4O2/c1-12-9-10-25-18(17(12)14-3-2-4-15(21)11-14)23-20(24-25)22-16-7-5-13(6-8-16)19(26)27/h2-11H,1H3,(H,22,24)(H,26,27). The van der Waals surface area contributed by atoms with Gasteiger partial charge in [0.2, 0.25) is 5.95 Å². The molecule has 0 fully saturated rings. The van der Waals surface area contributed by atoms with E-state index in [0.29, 0.717) is 17.3 Å². The fourth-order valence-corrected chi connectivity index (χ4v) is 2.92. The largest absolute Gasteiger partial charge is 0.478 e. The fourth-order valence-electron chi connectivity index (χ4n) is 2.92. The summed E-state index contributed by atoms with van der Waals surface area (Å²) in [5.41, 5.74) is 3.96. The van der Waals surface area contributed by atoms with Crippen molar-refractivity contribution in [3.63, 3.8) is 0 Å². The Bertz CT molecular complexity index is 1150. The van der Waals surface area contributed by atoms with Crippen molar-refractivity contribution in [2.75, 3.05) is 5.32 Å². The Morgan fingerprint density at radius 3 is 2.63 bits per heavy atom. The molecule has 7 heteroatoms. The Hall–Kier alpha value is -3.74. The summed E-state index contributed by atoms with van der Waals surface area (Å²) in [6, 6.07) is 14.6. The number of carbonyl (C=O) groups is 1. The van der Waals surface area contributed by atoms with Gasteiger partial charge in [0.15, 0.2) is 5.65 Å². The van der Waals surface area contributed by atoms with Crippen molar-refractivity contribution in [1.82, 2.24) is 14.6 Å². The number of pyridine rings is 1. The highest BCUT2D eigenvalue weighted by Crippen LogP contribution is 2.28. The molecule has 0 aliphatic heterocycles. The molecular formula is C20H15FN4O2. The van der Waals surface area contributed by atoms with Gasteiger partial charge in [-0.2, -0.15) is 4.98 Å². The summed E-state index contributed by atoms with van der Waals surface area (Å²) < 4.78 is 15.3. The first-order valence-electron chi connectivity index (χ1n) is 8.23. The van der Waals surface area contributed by atoms with E-state index >= 15 is 0 Å². The summed E-state index contributed by atoms with van der Waals surface area (Å²) in [6.45, 7) is 1.94. The topological polar surface area (TPSA) is 79.5 Å². The first kappa shape index (κ1) is 16.7. The van der Waals surface area contributed by atoms with E-state index in [1.165, 1.54) is 24.3 Å². The smallest absolute Gasteiger partial charge is 0.335 e. The average molecular weight is 362 g/mol. The van der Waals surface area contributed by atoms with Gasteiger partial charge in [-0.15, -0.1) is 5.10 Å². The summed E-state index contributed by atoms with van der Waals surface area (Å²) in [4.78, 5) is 15.5. The summed E-state index contributed by atoms with van der Waals surface area (Å²) in [7, 11) is 0. The van der Waals surface area contributed by atoms with Gasteiger partial charge in [0.25, 0.3) is 0 Å². The number of anilines is 2.